The molecule has 0 fully saturated rings. The number of halogens is 1. The summed E-state index contributed by atoms with van der Waals surface area (Å²) >= 11 is 3.30. The van der Waals surface area contributed by atoms with Gasteiger partial charge in [0.15, 0.2) is 23.1 Å². The Morgan fingerprint density at radius 2 is 1.52 bits per heavy atom. The van der Waals surface area contributed by atoms with Crippen LogP contribution in [0, 0.1) is 6.57 Å². The number of carbonyl (C=O) groups excluding carboxylic acids is 2. The molecule has 0 aromatic carbocycles. The number of aromatic nitrogens is 2. The van der Waals surface area contributed by atoms with E-state index in [0.717, 1.165) is 4.47 Å². The molecule has 150 valence electrons. The molecule has 2 aromatic rings. The van der Waals surface area contributed by atoms with E-state index in [-0.39, 0.29) is 11.8 Å². The SMILES string of the molecule is CC(=O)N1CCOc2cc(Br)cnc21.[C-]#[N+]c1cnc2c(c1)OCCN2C(C)=O. The predicted molar refractivity (Wildman–Crippen MR) is 109 cm³/mol. The predicted octanol–water partition coefficient (Wildman–Crippen LogP) is 2.97. The maximum absolute atomic E-state index is 11.3. The number of carbonyl (C=O) groups is 2. The molecule has 0 aliphatic carbocycles. The van der Waals surface area contributed by atoms with E-state index in [1.165, 1.54) is 20.0 Å². The van der Waals surface area contributed by atoms with E-state index in [1.54, 1.807) is 22.1 Å². The zero-order valence-electron chi connectivity index (χ0n) is 15.9. The third kappa shape index (κ3) is 4.63. The number of rotatable bonds is 0. The van der Waals surface area contributed by atoms with Gasteiger partial charge in [0, 0.05) is 30.7 Å². The molecule has 10 heteroatoms. The van der Waals surface area contributed by atoms with Crippen molar-refractivity contribution in [1.29, 1.82) is 0 Å². The Morgan fingerprint density at radius 3 is 2.03 bits per heavy atom. The smallest absolute Gasteiger partial charge is 0.225 e. The summed E-state index contributed by atoms with van der Waals surface area (Å²) in [6.07, 6.45) is 3.10. The zero-order valence-corrected chi connectivity index (χ0v) is 17.5. The van der Waals surface area contributed by atoms with Gasteiger partial charge in [0.1, 0.15) is 13.2 Å². The third-order valence-corrected chi connectivity index (χ3v) is 4.60. The molecule has 4 rings (SSSR count). The first-order valence-corrected chi connectivity index (χ1v) is 9.55. The highest BCUT2D eigenvalue weighted by molar-refractivity contribution is 9.10. The molecular weight excluding hydrogens is 442 g/mol. The number of hydrogen-bond acceptors (Lipinski definition) is 6. The number of amides is 2. The molecule has 2 aliphatic heterocycles. The van der Waals surface area contributed by atoms with Crippen LogP contribution in [0.4, 0.5) is 17.3 Å². The first kappa shape index (κ1) is 20.5. The Morgan fingerprint density at radius 1 is 1.00 bits per heavy atom. The van der Waals surface area contributed by atoms with Gasteiger partial charge in [0.05, 0.1) is 19.7 Å². The third-order valence-electron chi connectivity index (χ3n) is 4.16. The number of nitrogens with zero attached hydrogens (tertiary/aromatic N) is 5. The molecular formula is C19H18BrN5O4. The summed E-state index contributed by atoms with van der Waals surface area (Å²) in [4.78, 5) is 37.2. The van der Waals surface area contributed by atoms with Gasteiger partial charge in [0.2, 0.25) is 17.5 Å². The highest BCUT2D eigenvalue weighted by Gasteiger charge is 2.23. The lowest BCUT2D eigenvalue weighted by Crippen LogP contribution is -2.36. The second kappa shape index (κ2) is 8.87. The van der Waals surface area contributed by atoms with Crippen LogP contribution in [-0.2, 0) is 9.59 Å². The fraction of sp³-hybridized carbons (Fsp3) is 0.316. The van der Waals surface area contributed by atoms with Gasteiger partial charge in [-0.2, -0.15) is 0 Å². The Bertz CT molecular complexity index is 991. The van der Waals surface area contributed by atoms with Crippen molar-refractivity contribution in [3.63, 3.8) is 0 Å². The Kier molecular flexibility index (Phi) is 6.29. The van der Waals surface area contributed by atoms with Crippen molar-refractivity contribution in [2.45, 2.75) is 13.8 Å². The highest BCUT2D eigenvalue weighted by atomic mass is 79.9. The fourth-order valence-electron chi connectivity index (χ4n) is 2.84. The van der Waals surface area contributed by atoms with E-state index in [4.69, 9.17) is 16.0 Å². The molecule has 0 unspecified atom stereocenters. The van der Waals surface area contributed by atoms with Gasteiger partial charge in [-0.15, -0.1) is 0 Å². The highest BCUT2D eigenvalue weighted by Crippen LogP contribution is 2.33. The summed E-state index contributed by atoms with van der Waals surface area (Å²) in [5, 5.41) is 0. The summed E-state index contributed by atoms with van der Waals surface area (Å²) in [7, 11) is 0. The van der Waals surface area contributed by atoms with Crippen LogP contribution in [0.3, 0.4) is 0 Å². The minimum Gasteiger partial charge on any atom is -0.489 e. The van der Waals surface area contributed by atoms with Crippen molar-refractivity contribution in [3.8, 4) is 11.5 Å². The minimum atomic E-state index is -0.0670. The Labute approximate surface area is 176 Å². The van der Waals surface area contributed by atoms with Gasteiger partial charge in [-0.05, 0) is 28.1 Å². The van der Waals surface area contributed by atoms with Crippen LogP contribution in [-0.4, -0.2) is 48.1 Å². The van der Waals surface area contributed by atoms with Gasteiger partial charge in [0.25, 0.3) is 0 Å². The maximum Gasteiger partial charge on any atom is 0.225 e. The topological polar surface area (TPSA) is 89.2 Å². The molecule has 0 saturated carbocycles. The molecule has 29 heavy (non-hydrogen) atoms. The second-order valence-electron chi connectivity index (χ2n) is 6.14. The lowest BCUT2D eigenvalue weighted by Gasteiger charge is -2.27. The summed E-state index contributed by atoms with van der Waals surface area (Å²) in [6, 6.07) is 3.42. The van der Waals surface area contributed by atoms with Crippen molar-refractivity contribution in [2.75, 3.05) is 36.1 Å². The largest absolute Gasteiger partial charge is 0.489 e. The summed E-state index contributed by atoms with van der Waals surface area (Å²) in [6.45, 7) is 11.9. The second-order valence-corrected chi connectivity index (χ2v) is 7.06. The lowest BCUT2D eigenvalue weighted by atomic mass is 10.3. The van der Waals surface area contributed by atoms with Crippen LogP contribution in [0.2, 0.25) is 0 Å². The molecule has 9 nitrogen and oxygen atoms in total. The fourth-order valence-corrected chi connectivity index (χ4v) is 3.15. The molecule has 0 atom stereocenters. The standard InChI is InChI=1S/C10H9N3O2.C9H9BrN2O2/c1-7(14)13-3-4-15-9-5-8(11-2)6-12-10(9)13;1-6(13)12-2-3-14-8-4-7(10)5-11-9(8)12/h5-6H,3-4H2,1H3;4-5H,2-3H2,1H3. The van der Waals surface area contributed by atoms with Crippen molar-refractivity contribution in [1.82, 2.24) is 9.97 Å². The quantitative estimate of drug-likeness (QED) is 0.562. The van der Waals surface area contributed by atoms with Gasteiger partial charge in [-0.25, -0.2) is 14.8 Å². The van der Waals surface area contributed by atoms with Crippen LogP contribution < -0.4 is 19.3 Å². The maximum atomic E-state index is 11.3. The molecule has 0 radical (unpaired) electrons. The summed E-state index contributed by atoms with van der Waals surface area (Å²) < 4.78 is 11.6. The van der Waals surface area contributed by atoms with Crippen LogP contribution >= 0.6 is 15.9 Å². The average molecular weight is 460 g/mol. The molecule has 2 amide bonds. The number of pyridine rings is 2. The van der Waals surface area contributed by atoms with E-state index in [9.17, 15) is 9.59 Å². The summed E-state index contributed by atoms with van der Waals surface area (Å²) in [5.74, 6) is 2.19. The Hall–Kier alpha value is -3.19. The molecule has 0 bridgehead atoms. The van der Waals surface area contributed by atoms with Gasteiger partial charge in [-0.3, -0.25) is 19.4 Å². The Balaban J connectivity index is 0.000000166. The average Bonchev–Trinajstić information content (AvgIpc) is 2.72. The van der Waals surface area contributed by atoms with Crippen molar-refractivity contribution >= 4 is 45.1 Å². The van der Waals surface area contributed by atoms with E-state index in [2.05, 4.69) is 30.7 Å². The van der Waals surface area contributed by atoms with Crippen LogP contribution in [0.1, 0.15) is 13.8 Å². The van der Waals surface area contributed by atoms with Crippen LogP contribution in [0.5, 0.6) is 11.5 Å². The molecule has 4 heterocycles. The normalized spacial score (nSPS) is 14.1. The van der Waals surface area contributed by atoms with Gasteiger partial charge < -0.3 is 9.47 Å². The van der Waals surface area contributed by atoms with Crippen molar-refractivity contribution < 1.29 is 19.1 Å². The monoisotopic (exact) mass is 459 g/mol. The van der Waals surface area contributed by atoms with Crippen LogP contribution in [0.15, 0.2) is 29.0 Å². The molecule has 0 N–H and O–H groups in total. The van der Waals surface area contributed by atoms with Crippen LogP contribution in [0.25, 0.3) is 4.85 Å². The molecule has 2 aromatic heterocycles. The first-order chi connectivity index (χ1) is 13.9. The zero-order chi connectivity index (χ0) is 21.0. The van der Waals surface area contributed by atoms with Crippen molar-refractivity contribution in [2.24, 2.45) is 0 Å². The molecule has 2 aliphatic rings. The van der Waals surface area contributed by atoms with E-state index in [0.29, 0.717) is 55.1 Å². The van der Waals surface area contributed by atoms with E-state index < -0.39 is 0 Å². The molecule has 0 spiro atoms. The van der Waals surface area contributed by atoms with E-state index in [1.807, 2.05) is 6.07 Å². The summed E-state index contributed by atoms with van der Waals surface area (Å²) in [5.41, 5.74) is 0.416. The van der Waals surface area contributed by atoms with E-state index >= 15 is 0 Å². The number of hydrogen-bond donors (Lipinski definition) is 0. The first-order valence-electron chi connectivity index (χ1n) is 8.75. The molecule has 0 saturated heterocycles. The number of anilines is 2. The van der Waals surface area contributed by atoms with Gasteiger partial charge >= 0.3 is 0 Å². The van der Waals surface area contributed by atoms with Crippen molar-refractivity contribution in [3.05, 3.63) is 40.4 Å². The minimum absolute atomic E-state index is 0.00984. The number of fused-ring (bicyclic) bond motifs is 2. The number of ether oxygens (including phenoxy) is 2. The lowest BCUT2D eigenvalue weighted by molar-refractivity contribution is -0.117. The van der Waals surface area contributed by atoms with Gasteiger partial charge in [-0.1, -0.05) is 0 Å².